The van der Waals surface area contributed by atoms with Crippen LogP contribution in [0.25, 0.3) is 0 Å². The van der Waals surface area contributed by atoms with Gasteiger partial charge in [0.2, 0.25) is 5.95 Å². The van der Waals surface area contributed by atoms with Crippen molar-refractivity contribution in [3.63, 3.8) is 0 Å². The van der Waals surface area contributed by atoms with E-state index in [4.69, 9.17) is 0 Å². The normalized spacial score (nSPS) is 21.4. The molecule has 0 saturated carbocycles. The van der Waals surface area contributed by atoms with Crippen LogP contribution in [0.1, 0.15) is 24.8 Å². The third kappa shape index (κ3) is 3.40. The molecule has 1 spiro atoms. The zero-order chi connectivity index (χ0) is 14.2. The molecular formula is C13H18ClF3N4. The van der Waals surface area contributed by atoms with Gasteiger partial charge in [0.25, 0.3) is 0 Å². The number of rotatable bonds is 1. The number of aromatic nitrogens is 2. The molecule has 1 aromatic rings. The highest BCUT2D eigenvalue weighted by atomic mass is 35.5. The standard InChI is InChI=1S/C13H17F3N4.ClH/c14-13(15,16)10-7-18-11(19-8-10)20-6-3-12(9-20)1-4-17-5-2-12;/h7-8,17H,1-6,9H2;1H. The molecule has 2 saturated heterocycles. The maximum Gasteiger partial charge on any atom is 0.419 e. The monoisotopic (exact) mass is 322 g/mol. The number of hydrogen-bond acceptors (Lipinski definition) is 4. The van der Waals surface area contributed by atoms with Gasteiger partial charge in [-0.3, -0.25) is 0 Å². The minimum absolute atomic E-state index is 0. The average Bonchev–Trinajstić information content (AvgIpc) is 2.83. The van der Waals surface area contributed by atoms with Crippen molar-refractivity contribution in [1.29, 1.82) is 0 Å². The Balaban J connectivity index is 0.00000161. The van der Waals surface area contributed by atoms with E-state index in [9.17, 15) is 13.2 Å². The zero-order valence-electron chi connectivity index (χ0n) is 11.5. The van der Waals surface area contributed by atoms with Crippen molar-refractivity contribution in [3.05, 3.63) is 18.0 Å². The number of hydrogen-bond donors (Lipinski definition) is 1. The molecular weight excluding hydrogens is 305 g/mol. The van der Waals surface area contributed by atoms with Crippen LogP contribution in [0.15, 0.2) is 12.4 Å². The molecule has 0 amide bonds. The molecule has 0 aromatic carbocycles. The van der Waals surface area contributed by atoms with E-state index in [1.54, 1.807) is 0 Å². The molecule has 3 rings (SSSR count). The molecule has 0 bridgehead atoms. The van der Waals surface area contributed by atoms with E-state index < -0.39 is 11.7 Å². The van der Waals surface area contributed by atoms with Gasteiger partial charge in [-0.1, -0.05) is 0 Å². The van der Waals surface area contributed by atoms with Gasteiger partial charge in [0, 0.05) is 25.5 Å². The van der Waals surface area contributed by atoms with E-state index in [-0.39, 0.29) is 17.8 Å². The third-order valence-electron chi connectivity index (χ3n) is 4.35. The first kappa shape index (κ1) is 16.3. The maximum atomic E-state index is 12.5. The van der Waals surface area contributed by atoms with E-state index >= 15 is 0 Å². The number of nitrogens with one attached hydrogen (secondary N) is 1. The molecule has 8 heteroatoms. The van der Waals surface area contributed by atoms with Gasteiger partial charge in [0.15, 0.2) is 0 Å². The van der Waals surface area contributed by atoms with Crippen LogP contribution in [-0.4, -0.2) is 36.1 Å². The average molecular weight is 323 g/mol. The summed E-state index contributed by atoms with van der Waals surface area (Å²) < 4.78 is 37.4. The molecule has 0 aliphatic carbocycles. The first-order chi connectivity index (χ1) is 9.49. The minimum atomic E-state index is -4.38. The second-order valence-corrected chi connectivity index (χ2v) is 5.69. The predicted molar refractivity (Wildman–Crippen MR) is 75.6 cm³/mol. The molecule has 118 valence electrons. The van der Waals surface area contributed by atoms with Crippen LogP contribution in [0.3, 0.4) is 0 Å². The van der Waals surface area contributed by atoms with E-state index in [0.717, 1.165) is 57.8 Å². The number of halogens is 4. The lowest BCUT2D eigenvalue weighted by Crippen LogP contribution is -2.38. The van der Waals surface area contributed by atoms with E-state index in [1.807, 2.05) is 4.90 Å². The van der Waals surface area contributed by atoms with Gasteiger partial charge in [-0.2, -0.15) is 13.2 Å². The minimum Gasteiger partial charge on any atom is -0.340 e. The Hall–Kier alpha value is -1.08. The lowest BCUT2D eigenvalue weighted by atomic mass is 9.78. The van der Waals surface area contributed by atoms with Gasteiger partial charge in [-0.05, 0) is 37.8 Å². The van der Waals surface area contributed by atoms with Crippen LogP contribution >= 0.6 is 12.4 Å². The Morgan fingerprint density at radius 2 is 1.71 bits per heavy atom. The summed E-state index contributed by atoms with van der Waals surface area (Å²) in [7, 11) is 0. The Morgan fingerprint density at radius 1 is 1.10 bits per heavy atom. The molecule has 0 radical (unpaired) electrons. The van der Waals surface area contributed by atoms with E-state index in [2.05, 4.69) is 15.3 Å². The number of piperidine rings is 1. The Morgan fingerprint density at radius 3 is 2.29 bits per heavy atom. The second kappa shape index (κ2) is 5.96. The summed E-state index contributed by atoms with van der Waals surface area (Å²) in [6, 6.07) is 0. The molecule has 0 atom stereocenters. The van der Waals surface area contributed by atoms with Crippen LogP contribution in [0, 0.1) is 5.41 Å². The Bertz CT molecular complexity index is 471. The lowest BCUT2D eigenvalue weighted by Gasteiger charge is -2.33. The van der Waals surface area contributed by atoms with Crippen molar-refractivity contribution in [2.75, 3.05) is 31.1 Å². The summed E-state index contributed by atoms with van der Waals surface area (Å²) in [6.45, 7) is 3.70. The van der Waals surface area contributed by atoms with Crippen LogP contribution in [0.2, 0.25) is 0 Å². The lowest BCUT2D eigenvalue weighted by molar-refractivity contribution is -0.138. The number of nitrogens with zero attached hydrogens (tertiary/aromatic N) is 3. The molecule has 3 heterocycles. The summed E-state index contributed by atoms with van der Waals surface area (Å²) in [5.74, 6) is 0.411. The van der Waals surface area contributed by atoms with Crippen molar-refractivity contribution in [2.24, 2.45) is 5.41 Å². The summed E-state index contributed by atoms with van der Waals surface area (Å²) in [5, 5.41) is 3.34. The fraction of sp³-hybridized carbons (Fsp3) is 0.692. The molecule has 2 aliphatic rings. The SMILES string of the molecule is Cl.FC(F)(F)c1cnc(N2CCC3(CCNCC3)C2)nc1. The summed E-state index contributed by atoms with van der Waals surface area (Å²) >= 11 is 0. The number of anilines is 1. The van der Waals surface area contributed by atoms with Crippen molar-refractivity contribution < 1.29 is 13.2 Å². The highest BCUT2D eigenvalue weighted by Crippen LogP contribution is 2.39. The highest BCUT2D eigenvalue weighted by Gasteiger charge is 2.40. The smallest absolute Gasteiger partial charge is 0.340 e. The largest absolute Gasteiger partial charge is 0.419 e. The Labute approximate surface area is 127 Å². The van der Waals surface area contributed by atoms with Crippen LogP contribution < -0.4 is 10.2 Å². The molecule has 4 nitrogen and oxygen atoms in total. The molecule has 1 aromatic heterocycles. The zero-order valence-corrected chi connectivity index (χ0v) is 12.3. The van der Waals surface area contributed by atoms with Crippen LogP contribution in [0.4, 0.5) is 19.1 Å². The van der Waals surface area contributed by atoms with Crippen LogP contribution in [-0.2, 0) is 6.18 Å². The fourth-order valence-corrected chi connectivity index (χ4v) is 3.10. The fourth-order valence-electron chi connectivity index (χ4n) is 3.10. The van der Waals surface area contributed by atoms with Crippen molar-refractivity contribution in [2.45, 2.75) is 25.4 Å². The van der Waals surface area contributed by atoms with Gasteiger partial charge < -0.3 is 10.2 Å². The predicted octanol–water partition coefficient (Wildman–Crippen LogP) is 2.50. The molecule has 1 N–H and O–H groups in total. The third-order valence-corrected chi connectivity index (χ3v) is 4.35. The van der Waals surface area contributed by atoms with Gasteiger partial charge >= 0.3 is 6.18 Å². The van der Waals surface area contributed by atoms with Crippen molar-refractivity contribution >= 4 is 18.4 Å². The van der Waals surface area contributed by atoms with E-state index in [0.29, 0.717) is 5.95 Å². The molecule has 0 unspecified atom stereocenters. The van der Waals surface area contributed by atoms with Gasteiger partial charge in [-0.15, -0.1) is 12.4 Å². The van der Waals surface area contributed by atoms with Crippen molar-refractivity contribution in [1.82, 2.24) is 15.3 Å². The summed E-state index contributed by atoms with van der Waals surface area (Å²) in [5.41, 5.74) is -0.505. The quantitative estimate of drug-likeness (QED) is 0.862. The van der Waals surface area contributed by atoms with Gasteiger partial charge in [0.05, 0.1) is 5.56 Å². The molecule has 21 heavy (non-hydrogen) atoms. The van der Waals surface area contributed by atoms with Crippen molar-refractivity contribution in [3.8, 4) is 0 Å². The molecule has 2 aliphatic heterocycles. The number of alkyl halides is 3. The second-order valence-electron chi connectivity index (χ2n) is 5.69. The topological polar surface area (TPSA) is 41.1 Å². The van der Waals surface area contributed by atoms with Gasteiger partial charge in [0.1, 0.15) is 0 Å². The first-order valence-electron chi connectivity index (χ1n) is 6.84. The maximum absolute atomic E-state index is 12.5. The summed E-state index contributed by atoms with van der Waals surface area (Å²) in [4.78, 5) is 9.77. The molecule has 2 fully saturated rings. The Kier molecular flexibility index (Phi) is 4.63. The first-order valence-corrected chi connectivity index (χ1v) is 6.84. The van der Waals surface area contributed by atoms with Gasteiger partial charge in [-0.25, -0.2) is 9.97 Å². The highest BCUT2D eigenvalue weighted by molar-refractivity contribution is 5.85. The van der Waals surface area contributed by atoms with Crippen LogP contribution in [0.5, 0.6) is 0 Å². The summed E-state index contributed by atoms with van der Waals surface area (Å²) in [6.07, 6.45) is 0.665. The van der Waals surface area contributed by atoms with E-state index in [1.165, 1.54) is 0 Å².